The summed E-state index contributed by atoms with van der Waals surface area (Å²) in [6.07, 6.45) is 3.45. The van der Waals surface area contributed by atoms with Crippen molar-refractivity contribution in [2.45, 2.75) is 45.7 Å². The number of aryl methyl sites for hydroxylation is 1. The quantitative estimate of drug-likeness (QED) is 0.919. The smallest absolute Gasteiger partial charge is 0.0894 e. The number of fused-ring (bicyclic) bond motifs is 2. The Hall–Kier alpha value is -1.12. The van der Waals surface area contributed by atoms with E-state index in [-0.39, 0.29) is 0 Å². The van der Waals surface area contributed by atoms with Crippen LogP contribution in [0, 0.1) is 0 Å². The second-order valence-electron chi connectivity index (χ2n) is 5.54. The lowest BCUT2D eigenvalue weighted by Gasteiger charge is -2.15. The van der Waals surface area contributed by atoms with Gasteiger partial charge in [-0.25, -0.2) is 0 Å². The number of rotatable bonds is 3. The number of nitrogens with zero attached hydrogens (tertiary/aromatic N) is 1. The van der Waals surface area contributed by atoms with Crippen molar-refractivity contribution < 1.29 is 0 Å². The summed E-state index contributed by atoms with van der Waals surface area (Å²) in [5.41, 5.74) is 5.06. The third-order valence-corrected chi connectivity index (χ3v) is 4.10. The Kier molecular flexibility index (Phi) is 3.46. The third kappa shape index (κ3) is 2.35. The van der Waals surface area contributed by atoms with E-state index in [0.717, 1.165) is 29.9 Å². The number of pyridine rings is 1. The van der Waals surface area contributed by atoms with Crippen molar-refractivity contribution >= 4 is 22.5 Å². The normalized spacial score (nSPS) is 14.3. The van der Waals surface area contributed by atoms with Gasteiger partial charge < -0.3 is 5.32 Å². The summed E-state index contributed by atoms with van der Waals surface area (Å²) in [6, 6.07) is 6.58. The number of para-hydroxylation sites is 1. The van der Waals surface area contributed by atoms with Gasteiger partial charge in [-0.15, -0.1) is 0 Å². The van der Waals surface area contributed by atoms with E-state index in [1.165, 1.54) is 28.6 Å². The fraction of sp³-hybridized carbons (Fsp3) is 0.438. The van der Waals surface area contributed by atoms with Crippen molar-refractivity contribution in [1.29, 1.82) is 0 Å². The van der Waals surface area contributed by atoms with Gasteiger partial charge in [-0.1, -0.05) is 37.6 Å². The minimum absolute atomic E-state index is 0.486. The van der Waals surface area contributed by atoms with Crippen molar-refractivity contribution in [3.8, 4) is 0 Å². The fourth-order valence-electron chi connectivity index (χ4n) is 2.85. The molecule has 0 aliphatic heterocycles. The Labute approximate surface area is 119 Å². The van der Waals surface area contributed by atoms with Crippen molar-refractivity contribution in [1.82, 2.24) is 10.3 Å². The fourth-order valence-corrected chi connectivity index (χ4v) is 3.07. The molecule has 3 heteroatoms. The van der Waals surface area contributed by atoms with Gasteiger partial charge in [0.1, 0.15) is 0 Å². The van der Waals surface area contributed by atoms with Crippen LogP contribution in [0.5, 0.6) is 0 Å². The second-order valence-corrected chi connectivity index (χ2v) is 5.95. The SMILES string of the molecule is CC(C)NCc1c2c(nc3c(Cl)cccc13)CCC2. The highest BCUT2D eigenvalue weighted by Crippen LogP contribution is 2.32. The van der Waals surface area contributed by atoms with Crippen LogP contribution in [-0.4, -0.2) is 11.0 Å². The van der Waals surface area contributed by atoms with Gasteiger partial charge in [0.15, 0.2) is 0 Å². The molecule has 1 aliphatic carbocycles. The van der Waals surface area contributed by atoms with E-state index < -0.39 is 0 Å². The molecule has 2 aromatic rings. The molecule has 19 heavy (non-hydrogen) atoms. The number of halogens is 1. The Morgan fingerprint density at radius 3 is 2.95 bits per heavy atom. The molecule has 100 valence electrons. The van der Waals surface area contributed by atoms with Crippen LogP contribution >= 0.6 is 11.6 Å². The number of nitrogens with one attached hydrogen (secondary N) is 1. The molecule has 0 unspecified atom stereocenters. The lowest BCUT2D eigenvalue weighted by atomic mass is 10.0. The molecule has 0 saturated heterocycles. The molecule has 1 heterocycles. The van der Waals surface area contributed by atoms with Crippen LogP contribution in [0.15, 0.2) is 18.2 Å². The zero-order valence-electron chi connectivity index (χ0n) is 11.5. The van der Waals surface area contributed by atoms with Crippen molar-refractivity contribution in [2.75, 3.05) is 0 Å². The lowest BCUT2D eigenvalue weighted by molar-refractivity contribution is 0.588. The predicted octanol–water partition coefficient (Wildman–Crippen LogP) is 3.87. The Morgan fingerprint density at radius 2 is 2.16 bits per heavy atom. The maximum absolute atomic E-state index is 6.31. The number of hydrogen-bond donors (Lipinski definition) is 1. The molecule has 1 aliphatic rings. The van der Waals surface area contributed by atoms with Crippen LogP contribution < -0.4 is 5.32 Å². The monoisotopic (exact) mass is 274 g/mol. The lowest BCUT2D eigenvalue weighted by Crippen LogP contribution is -2.23. The van der Waals surface area contributed by atoms with Gasteiger partial charge in [-0.2, -0.15) is 0 Å². The molecule has 1 aromatic carbocycles. The molecule has 1 aromatic heterocycles. The van der Waals surface area contributed by atoms with Gasteiger partial charge in [-0.3, -0.25) is 4.98 Å². The summed E-state index contributed by atoms with van der Waals surface area (Å²) >= 11 is 6.31. The van der Waals surface area contributed by atoms with E-state index >= 15 is 0 Å². The van der Waals surface area contributed by atoms with E-state index in [0.29, 0.717) is 6.04 Å². The molecule has 0 atom stereocenters. The first-order valence-corrected chi connectivity index (χ1v) is 7.37. The molecule has 0 radical (unpaired) electrons. The largest absolute Gasteiger partial charge is 0.310 e. The molecule has 0 saturated carbocycles. The van der Waals surface area contributed by atoms with E-state index in [9.17, 15) is 0 Å². The van der Waals surface area contributed by atoms with Gasteiger partial charge in [0.2, 0.25) is 0 Å². The van der Waals surface area contributed by atoms with Crippen LogP contribution in [0.2, 0.25) is 5.02 Å². The molecule has 2 nitrogen and oxygen atoms in total. The molecule has 0 fully saturated rings. The van der Waals surface area contributed by atoms with Crippen LogP contribution in [-0.2, 0) is 19.4 Å². The Balaban J connectivity index is 2.18. The molecule has 1 N–H and O–H groups in total. The molecule has 0 bridgehead atoms. The first-order chi connectivity index (χ1) is 9.16. The highest BCUT2D eigenvalue weighted by molar-refractivity contribution is 6.35. The summed E-state index contributed by atoms with van der Waals surface area (Å²) in [5.74, 6) is 0. The summed E-state index contributed by atoms with van der Waals surface area (Å²) in [5, 5.41) is 5.50. The van der Waals surface area contributed by atoms with Gasteiger partial charge in [0.25, 0.3) is 0 Å². The first-order valence-electron chi connectivity index (χ1n) is 6.99. The van der Waals surface area contributed by atoms with Crippen LogP contribution in [0.3, 0.4) is 0 Å². The van der Waals surface area contributed by atoms with Crippen molar-refractivity contribution in [2.24, 2.45) is 0 Å². The van der Waals surface area contributed by atoms with Crippen LogP contribution in [0.4, 0.5) is 0 Å². The predicted molar refractivity (Wildman–Crippen MR) is 80.8 cm³/mol. The third-order valence-electron chi connectivity index (χ3n) is 3.80. The Bertz CT molecular complexity index is 620. The van der Waals surface area contributed by atoms with Crippen LogP contribution in [0.25, 0.3) is 10.9 Å². The highest BCUT2D eigenvalue weighted by atomic mass is 35.5. The van der Waals surface area contributed by atoms with E-state index in [4.69, 9.17) is 16.6 Å². The molecular formula is C16H19ClN2. The zero-order chi connectivity index (χ0) is 13.4. The zero-order valence-corrected chi connectivity index (χ0v) is 12.2. The van der Waals surface area contributed by atoms with E-state index in [1.54, 1.807) is 0 Å². The molecule has 3 rings (SSSR count). The van der Waals surface area contributed by atoms with Gasteiger partial charge >= 0.3 is 0 Å². The second kappa shape index (κ2) is 5.10. The summed E-state index contributed by atoms with van der Waals surface area (Å²) in [7, 11) is 0. The maximum atomic E-state index is 6.31. The number of aromatic nitrogens is 1. The van der Waals surface area contributed by atoms with Gasteiger partial charge in [0.05, 0.1) is 10.5 Å². The number of benzene rings is 1. The first kappa shape index (κ1) is 12.9. The maximum Gasteiger partial charge on any atom is 0.0894 e. The summed E-state index contributed by atoms with van der Waals surface area (Å²) < 4.78 is 0. The standard InChI is InChI=1S/C16H19ClN2/c1-10(2)18-9-13-11-5-4-8-15(11)19-16-12(13)6-3-7-14(16)17/h3,6-7,10,18H,4-5,8-9H2,1-2H3. The van der Waals surface area contributed by atoms with E-state index in [1.807, 2.05) is 12.1 Å². The average molecular weight is 275 g/mol. The summed E-state index contributed by atoms with van der Waals surface area (Å²) in [6.45, 7) is 5.26. The van der Waals surface area contributed by atoms with Crippen LogP contribution in [0.1, 0.15) is 37.1 Å². The molecule has 0 amide bonds. The molecule has 0 spiro atoms. The molecular weight excluding hydrogens is 256 g/mol. The van der Waals surface area contributed by atoms with Gasteiger partial charge in [0, 0.05) is 23.7 Å². The van der Waals surface area contributed by atoms with E-state index in [2.05, 4.69) is 25.2 Å². The summed E-state index contributed by atoms with van der Waals surface area (Å²) in [4.78, 5) is 4.78. The minimum Gasteiger partial charge on any atom is -0.310 e. The highest BCUT2D eigenvalue weighted by Gasteiger charge is 2.20. The minimum atomic E-state index is 0.486. The average Bonchev–Trinajstić information content (AvgIpc) is 2.83. The Morgan fingerprint density at radius 1 is 1.32 bits per heavy atom. The van der Waals surface area contributed by atoms with Gasteiger partial charge in [-0.05, 0) is 36.5 Å². The van der Waals surface area contributed by atoms with Crippen molar-refractivity contribution in [3.63, 3.8) is 0 Å². The topological polar surface area (TPSA) is 24.9 Å². The van der Waals surface area contributed by atoms with Crippen molar-refractivity contribution in [3.05, 3.63) is 40.0 Å². The number of hydrogen-bond acceptors (Lipinski definition) is 2.